The number of hydrogen-bond donors (Lipinski definition) is 0. The molecule has 1 aliphatic rings. The van der Waals surface area contributed by atoms with Crippen LogP contribution in [0.15, 0.2) is 48.8 Å². The molecular formula is C20H26N2O2. The number of rotatable bonds is 6. The lowest BCUT2D eigenvalue weighted by Crippen LogP contribution is -2.44. The van der Waals surface area contributed by atoms with Crippen molar-refractivity contribution in [1.29, 1.82) is 0 Å². The summed E-state index contributed by atoms with van der Waals surface area (Å²) in [4.78, 5) is 6.63. The second-order valence-electron chi connectivity index (χ2n) is 6.47. The Bertz CT molecular complexity index is 615. The quantitative estimate of drug-likeness (QED) is 0.817. The van der Waals surface area contributed by atoms with E-state index in [1.54, 1.807) is 7.11 Å². The van der Waals surface area contributed by atoms with Crippen molar-refractivity contribution in [3.63, 3.8) is 0 Å². The SMILES string of the molecule is COc1ccc(C[C@H]2CN(Cc3ccncc3)CC[C@H]2OC)cc1. The monoisotopic (exact) mass is 326 g/mol. The molecule has 2 aromatic rings. The summed E-state index contributed by atoms with van der Waals surface area (Å²) in [6.07, 6.45) is 6.19. The van der Waals surface area contributed by atoms with Crippen molar-refractivity contribution < 1.29 is 9.47 Å². The first-order valence-corrected chi connectivity index (χ1v) is 8.55. The highest BCUT2D eigenvalue weighted by atomic mass is 16.5. The predicted octanol–water partition coefficient (Wildman–Crippen LogP) is 3.17. The van der Waals surface area contributed by atoms with Crippen molar-refractivity contribution in [3.05, 3.63) is 59.9 Å². The van der Waals surface area contributed by atoms with Gasteiger partial charge < -0.3 is 9.47 Å². The maximum Gasteiger partial charge on any atom is 0.118 e. The summed E-state index contributed by atoms with van der Waals surface area (Å²) in [6.45, 7) is 3.13. The van der Waals surface area contributed by atoms with Crippen molar-refractivity contribution in [3.8, 4) is 5.75 Å². The van der Waals surface area contributed by atoms with E-state index in [0.29, 0.717) is 12.0 Å². The van der Waals surface area contributed by atoms with Gasteiger partial charge in [-0.25, -0.2) is 0 Å². The Morgan fingerprint density at radius 2 is 1.79 bits per heavy atom. The van der Waals surface area contributed by atoms with Gasteiger partial charge in [-0.05, 0) is 48.2 Å². The van der Waals surface area contributed by atoms with Crippen LogP contribution in [0.1, 0.15) is 17.5 Å². The van der Waals surface area contributed by atoms with E-state index in [-0.39, 0.29) is 0 Å². The van der Waals surface area contributed by atoms with E-state index in [9.17, 15) is 0 Å². The molecule has 0 radical (unpaired) electrons. The van der Waals surface area contributed by atoms with Gasteiger partial charge in [0.2, 0.25) is 0 Å². The van der Waals surface area contributed by atoms with E-state index in [1.165, 1.54) is 11.1 Å². The normalized spacial score (nSPS) is 21.6. The summed E-state index contributed by atoms with van der Waals surface area (Å²) in [7, 11) is 3.54. The van der Waals surface area contributed by atoms with Crippen LogP contribution >= 0.6 is 0 Å². The zero-order valence-electron chi connectivity index (χ0n) is 14.5. The molecule has 1 aromatic heterocycles. The molecule has 1 aliphatic heterocycles. The van der Waals surface area contributed by atoms with Crippen LogP contribution in [0.25, 0.3) is 0 Å². The van der Waals surface area contributed by atoms with E-state index >= 15 is 0 Å². The first kappa shape index (κ1) is 16.9. The number of methoxy groups -OCH3 is 2. The van der Waals surface area contributed by atoms with Crippen molar-refractivity contribution in [2.75, 3.05) is 27.3 Å². The van der Waals surface area contributed by atoms with Gasteiger partial charge in [-0.1, -0.05) is 12.1 Å². The zero-order valence-corrected chi connectivity index (χ0v) is 14.5. The summed E-state index contributed by atoms with van der Waals surface area (Å²) in [6, 6.07) is 12.6. The Hall–Kier alpha value is -1.91. The molecular weight excluding hydrogens is 300 g/mol. The topological polar surface area (TPSA) is 34.6 Å². The second kappa shape index (κ2) is 8.27. The highest BCUT2D eigenvalue weighted by Crippen LogP contribution is 2.25. The van der Waals surface area contributed by atoms with Crippen molar-refractivity contribution in [2.24, 2.45) is 5.92 Å². The third kappa shape index (κ3) is 4.34. The minimum absolute atomic E-state index is 0.334. The second-order valence-corrected chi connectivity index (χ2v) is 6.47. The van der Waals surface area contributed by atoms with Gasteiger partial charge >= 0.3 is 0 Å². The number of likely N-dealkylation sites (tertiary alicyclic amines) is 1. The molecule has 1 fully saturated rings. The third-order valence-corrected chi connectivity index (χ3v) is 4.86. The lowest BCUT2D eigenvalue weighted by molar-refractivity contribution is -0.00849. The maximum atomic E-state index is 5.76. The van der Waals surface area contributed by atoms with Crippen LogP contribution in [0.4, 0.5) is 0 Å². The molecule has 4 nitrogen and oxygen atoms in total. The fraction of sp³-hybridized carbons (Fsp3) is 0.450. The zero-order chi connectivity index (χ0) is 16.8. The molecule has 0 N–H and O–H groups in total. The van der Waals surface area contributed by atoms with Crippen LogP contribution in [0, 0.1) is 5.92 Å². The van der Waals surface area contributed by atoms with Crippen molar-refractivity contribution in [1.82, 2.24) is 9.88 Å². The van der Waals surface area contributed by atoms with Gasteiger partial charge in [0.25, 0.3) is 0 Å². The fourth-order valence-corrected chi connectivity index (χ4v) is 3.55. The number of nitrogens with zero attached hydrogens (tertiary/aromatic N) is 2. The van der Waals surface area contributed by atoms with Crippen LogP contribution < -0.4 is 4.74 Å². The van der Waals surface area contributed by atoms with Gasteiger partial charge in [0.05, 0.1) is 13.2 Å². The number of pyridine rings is 1. The number of benzene rings is 1. The van der Waals surface area contributed by atoms with Gasteiger partial charge in [0.1, 0.15) is 5.75 Å². The van der Waals surface area contributed by atoms with Gasteiger partial charge in [-0.15, -0.1) is 0 Å². The van der Waals surface area contributed by atoms with Gasteiger partial charge in [0, 0.05) is 45.1 Å². The first-order valence-electron chi connectivity index (χ1n) is 8.55. The average molecular weight is 326 g/mol. The molecule has 128 valence electrons. The summed E-state index contributed by atoms with van der Waals surface area (Å²) in [5, 5.41) is 0. The molecule has 24 heavy (non-hydrogen) atoms. The highest BCUT2D eigenvalue weighted by molar-refractivity contribution is 5.27. The van der Waals surface area contributed by atoms with Gasteiger partial charge in [-0.3, -0.25) is 9.88 Å². The molecule has 0 unspecified atom stereocenters. The van der Waals surface area contributed by atoms with Crippen LogP contribution in [0.2, 0.25) is 0 Å². The van der Waals surface area contributed by atoms with E-state index in [1.807, 2.05) is 31.6 Å². The largest absolute Gasteiger partial charge is 0.497 e. The van der Waals surface area contributed by atoms with Crippen LogP contribution in [-0.4, -0.2) is 43.3 Å². The predicted molar refractivity (Wildman–Crippen MR) is 95.1 cm³/mol. The Morgan fingerprint density at radius 1 is 1.04 bits per heavy atom. The minimum Gasteiger partial charge on any atom is -0.497 e. The maximum absolute atomic E-state index is 5.76. The summed E-state index contributed by atoms with van der Waals surface area (Å²) < 4.78 is 11.0. The molecule has 1 saturated heterocycles. The summed E-state index contributed by atoms with van der Waals surface area (Å²) >= 11 is 0. The molecule has 0 aliphatic carbocycles. The minimum atomic E-state index is 0.334. The van der Waals surface area contributed by atoms with Crippen molar-refractivity contribution >= 4 is 0 Å². The molecule has 0 amide bonds. The number of piperidine rings is 1. The molecule has 1 aromatic carbocycles. The first-order chi connectivity index (χ1) is 11.8. The standard InChI is InChI=1S/C20H26N2O2/c1-23-19-5-3-16(4-6-19)13-18-15-22(12-9-20(18)24-2)14-17-7-10-21-11-8-17/h3-8,10-11,18,20H,9,12-15H2,1-2H3/t18-,20+/m0/s1. The Kier molecular flexibility index (Phi) is 5.83. The molecule has 0 bridgehead atoms. The summed E-state index contributed by atoms with van der Waals surface area (Å²) in [5.41, 5.74) is 2.66. The van der Waals surface area contributed by atoms with Crippen LogP contribution in [0.5, 0.6) is 5.75 Å². The van der Waals surface area contributed by atoms with Gasteiger partial charge in [0.15, 0.2) is 0 Å². The average Bonchev–Trinajstić information content (AvgIpc) is 2.63. The molecule has 3 rings (SSSR count). The Balaban J connectivity index is 1.64. The molecule has 2 heterocycles. The Labute approximate surface area is 144 Å². The Morgan fingerprint density at radius 3 is 2.46 bits per heavy atom. The fourth-order valence-electron chi connectivity index (χ4n) is 3.55. The molecule has 2 atom stereocenters. The van der Waals surface area contributed by atoms with Crippen LogP contribution in [0.3, 0.4) is 0 Å². The lowest BCUT2D eigenvalue weighted by atomic mass is 9.88. The highest BCUT2D eigenvalue weighted by Gasteiger charge is 2.29. The van der Waals surface area contributed by atoms with Crippen molar-refractivity contribution in [2.45, 2.75) is 25.5 Å². The molecule has 4 heteroatoms. The number of aromatic nitrogens is 1. The number of hydrogen-bond acceptors (Lipinski definition) is 4. The lowest BCUT2D eigenvalue weighted by Gasteiger charge is -2.38. The summed E-state index contributed by atoms with van der Waals surface area (Å²) in [5.74, 6) is 1.42. The number of ether oxygens (including phenoxy) is 2. The van der Waals surface area contributed by atoms with Crippen LogP contribution in [-0.2, 0) is 17.7 Å². The van der Waals surface area contributed by atoms with E-state index in [0.717, 1.165) is 38.2 Å². The van der Waals surface area contributed by atoms with E-state index < -0.39 is 0 Å². The third-order valence-electron chi connectivity index (χ3n) is 4.86. The van der Waals surface area contributed by atoms with Gasteiger partial charge in [-0.2, -0.15) is 0 Å². The van der Waals surface area contributed by atoms with E-state index in [4.69, 9.17) is 9.47 Å². The smallest absolute Gasteiger partial charge is 0.118 e. The molecule has 0 spiro atoms. The van der Waals surface area contributed by atoms with E-state index in [2.05, 4.69) is 34.1 Å². The molecule has 0 saturated carbocycles.